The zero-order valence-electron chi connectivity index (χ0n) is 14.6. The number of nitrogens with zero attached hydrogens (tertiary/aromatic N) is 1. The second kappa shape index (κ2) is 9.53. The largest absolute Gasteiger partial charge is 0.575 e. The van der Waals surface area contributed by atoms with Gasteiger partial charge in [0.15, 0.2) is 11.8 Å². The molecule has 0 saturated heterocycles. The van der Waals surface area contributed by atoms with Crippen LogP contribution < -0.4 is 14.2 Å². The predicted molar refractivity (Wildman–Crippen MR) is 98.6 cm³/mol. The molecule has 0 aliphatic heterocycles. The number of esters is 1. The van der Waals surface area contributed by atoms with Crippen molar-refractivity contribution >= 4 is 25.7 Å². The van der Waals surface area contributed by atoms with E-state index in [1.165, 1.54) is 6.92 Å². The van der Waals surface area contributed by atoms with Crippen LogP contribution in [0.3, 0.4) is 0 Å². The monoisotopic (exact) mass is 395 g/mol. The van der Waals surface area contributed by atoms with Crippen LogP contribution in [0.5, 0.6) is 17.2 Å². The summed E-state index contributed by atoms with van der Waals surface area (Å²) in [6, 6.07) is 12.6. The minimum Gasteiger partial charge on any atom is -0.575 e. The zero-order chi connectivity index (χ0) is 19.1. The molecule has 0 bridgehead atoms. The van der Waals surface area contributed by atoms with Crippen molar-refractivity contribution in [1.82, 2.24) is 0 Å². The Kier molecular flexibility index (Phi) is 7.39. The molecular weight excluding hydrogens is 377 g/mol. The van der Waals surface area contributed by atoms with Gasteiger partial charge in [-0.15, -0.1) is 0 Å². The molecule has 138 valence electrons. The average molecular weight is 396 g/mol. The smallest absolute Gasteiger partial charge is 0.395 e. The maximum atomic E-state index is 12.1. The molecule has 2 atom stereocenters. The van der Waals surface area contributed by atoms with Gasteiger partial charge in [-0.3, -0.25) is 4.52 Å². The maximum Gasteiger partial charge on any atom is 0.395 e. The van der Waals surface area contributed by atoms with Crippen molar-refractivity contribution in [3.63, 3.8) is 0 Å². The van der Waals surface area contributed by atoms with Crippen molar-refractivity contribution in [3.05, 3.63) is 53.6 Å². The second-order valence-electron chi connectivity index (χ2n) is 5.61. The standard InChI is InChI=1S/C18H19ClNO5P/c1-12(2)23-18(21)13(3)20-26(22)25-17-7-5-4-6-16(17)24-15-10-8-14(19)9-11-15/h4-13H,1-3H3/t13-/m1/s1. The van der Waals surface area contributed by atoms with Gasteiger partial charge >= 0.3 is 14.1 Å². The van der Waals surface area contributed by atoms with Gasteiger partial charge in [-0.1, -0.05) is 28.5 Å². The number of hydrogen-bond donors (Lipinski definition) is 0. The highest BCUT2D eigenvalue weighted by Gasteiger charge is 2.20. The van der Waals surface area contributed by atoms with E-state index in [9.17, 15) is 9.69 Å². The van der Waals surface area contributed by atoms with Crippen LogP contribution in [0.25, 0.3) is 0 Å². The summed E-state index contributed by atoms with van der Waals surface area (Å²) in [7, 11) is -2.48. The van der Waals surface area contributed by atoms with Crippen molar-refractivity contribution in [2.24, 2.45) is 4.74 Å². The third kappa shape index (κ3) is 6.30. The molecule has 2 aromatic carbocycles. The van der Waals surface area contributed by atoms with E-state index in [0.717, 1.165) is 0 Å². The lowest BCUT2D eigenvalue weighted by Crippen LogP contribution is -2.21. The molecule has 2 aromatic rings. The summed E-state index contributed by atoms with van der Waals surface area (Å²) in [5, 5.41) is 0.589. The third-order valence-corrected chi connectivity index (χ3v) is 4.17. The number of rotatable bonds is 7. The highest BCUT2D eigenvalue weighted by molar-refractivity contribution is 7.34. The lowest BCUT2D eigenvalue weighted by Gasteiger charge is -2.10. The lowest BCUT2D eigenvalue weighted by atomic mass is 10.3. The van der Waals surface area contributed by atoms with E-state index in [-0.39, 0.29) is 11.9 Å². The third-order valence-electron chi connectivity index (χ3n) is 3.03. The molecule has 8 heteroatoms. The Morgan fingerprint density at radius 2 is 1.69 bits per heavy atom. The summed E-state index contributed by atoms with van der Waals surface area (Å²) in [5.41, 5.74) is 0. The Balaban J connectivity index is 2.10. The minimum absolute atomic E-state index is 0.247. The Hall–Kier alpha value is -2.14. The molecule has 1 unspecified atom stereocenters. The minimum atomic E-state index is -2.48. The molecule has 0 radical (unpaired) electrons. The molecule has 0 amide bonds. The van der Waals surface area contributed by atoms with Gasteiger partial charge in [-0.2, -0.15) is 0 Å². The molecule has 0 N–H and O–H groups in total. The number of benzene rings is 2. The lowest BCUT2D eigenvalue weighted by molar-refractivity contribution is -0.170. The van der Waals surface area contributed by atoms with E-state index in [1.54, 1.807) is 62.4 Å². The summed E-state index contributed by atoms with van der Waals surface area (Å²) in [6.45, 7) is 4.95. The molecule has 0 aliphatic carbocycles. The van der Waals surface area contributed by atoms with E-state index in [1.807, 2.05) is 0 Å². The van der Waals surface area contributed by atoms with E-state index >= 15 is 0 Å². The molecule has 0 fully saturated rings. The summed E-state index contributed by atoms with van der Waals surface area (Å²) < 4.78 is 19.9. The van der Waals surface area contributed by atoms with Crippen LogP contribution in [0.15, 0.2) is 53.3 Å². The Labute approximate surface area is 158 Å². The van der Waals surface area contributed by atoms with Crippen LogP contribution in [-0.4, -0.2) is 18.1 Å². The topological polar surface area (TPSA) is 80.2 Å². The first-order valence-electron chi connectivity index (χ1n) is 7.94. The van der Waals surface area contributed by atoms with E-state index in [2.05, 4.69) is 4.74 Å². The molecule has 0 aromatic heterocycles. The molecule has 0 saturated carbocycles. The molecule has 0 heterocycles. The number of carbonyl (C=O) groups excluding carboxylic acids is 1. The van der Waals surface area contributed by atoms with Crippen molar-refractivity contribution in [2.75, 3.05) is 0 Å². The number of hydrogen-bond acceptors (Lipinski definition) is 6. The normalized spacial score (nSPS) is 12.6. The van der Waals surface area contributed by atoms with Crippen molar-refractivity contribution < 1.29 is 23.7 Å². The highest BCUT2D eigenvalue weighted by Crippen LogP contribution is 2.36. The first kappa shape index (κ1) is 20.2. The van der Waals surface area contributed by atoms with Gasteiger partial charge in [0.1, 0.15) is 5.75 Å². The van der Waals surface area contributed by atoms with E-state index < -0.39 is 20.2 Å². The Morgan fingerprint density at radius 3 is 2.31 bits per heavy atom. The average Bonchev–Trinajstić information content (AvgIpc) is 2.58. The van der Waals surface area contributed by atoms with Crippen molar-refractivity contribution in [3.8, 4) is 17.2 Å². The maximum absolute atomic E-state index is 12.1. The SMILES string of the molecule is CC(C)OC(=O)[C@@H](C)N=[P+]([O-])Oc1ccccc1Oc1ccc(Cl)cc1. The Bertz CT molecular complexity index is 779. The predicted octanol–water partition coefficient (Wildman–Crippen LogP) is 4.71. The summed E-state index contributed by atoms with van der Waals surface area (Å²) >= 11 is 5.85. The van der Waals surface area contributed by atoms with Crippen LogP contribution in [0.2, 0.25) is 5.02 Å². The fourth-order valence-corrected chi connectivity index (χ4v) is 2.74. The Morgan fingerprint density at radius 1 is 1.08 bits per heavy atom. The molecule has 26 heavy (non-hydrogen) atoms. The molecular formula is C18H19ClNO5P. The molecule has 6 nitrogen and oxygen atoms in total. The van der Waals surface area contributed by atoms with Gasteiger partial charge in [0.05, 0.1) is 6.10 Å². The number of carbonyl (C=O) groups is 1. The van der Waals surface area contributed by atoms with E-state index in [4.69, 9.17) is 25.6 Å². The second-order valence-corrected chi connectivity index (χ2v) is 6.93. The van der Waals surface area contributed by atoms with Gasteiger partial charge in [0, 0.05) is 5.02 Å². The number of para-hydroxylation sites is 2. The molecule has 2 rings (SSSR count). The van der Waals surface area contributed by atoms with Gasteiger partial charge in [-0.05, 0) is 57.2 Å². The first-order chi connectivity index (χ1) is 12.3. The van der Waals surface area contributed by atoms with Crippen molar-refractivity contribution in [2.45, 2.75) is 32.9 Å². The summed E-state index contributed by atoms with van der Waals surface area (Å²) in [4.78, 5) is 23.9. The number of ether oxygens (including phenoxy) is 2. The molecule has 0 spiro atoms. The zero-order valence-corrected chi connectivity index (χ0v) is 16.2. The van der Waals surface area contributed by atoms with Crippen molar-refractivity contribution in [1.29, 1.82) is 0 Å². The quantitative estimate of drug-likeness (QED) is 0.501. The van der Waals surface area contributed by atoms with Crippen LogP contribution in [0.1, 0.15) is 20.8 Å². The number of halogens is 1. The van der Waals surface area contributed by atoms with E-state index in [0.29, 0.717) is 16.5 Å². The van der Waals surface area contributed by atoms with Crippen LogP contribution in [0, 0.1) is 0 Å². The van der Waals surface area contributed by atoms with Gasteiger partial charge < -0.3 is 14.4 Å². The van der Waals surface area contributed by atoms with Gasteiger partial charge in [-0.25, -0.2) is 4.79 Å². The summed E-state index contributed by atoms with van der Waals surface area (Å²) in [5.74, 6) is 0.603. The van der Waals surface area contributed by atoms with Crippen LogP contribution >= 0.6 is 19.8 Å². The van der Waals surface area contributed by atoms with Gasteiger partial charge in [0.2, 0.25) is 5.75 Å². The first-order valence-corrected chi connectivity index (χ1v) is 9.45. The fourth-order valence-electron chi connectivity index (χ4n) is 1.87. The van der Waals surface area contributed by atoms with Gasteiger partial charge in [0.25, 0.3) is 0 Å². The molecule has 0 aliphatic rings. The van der Waals surface area contributed by atoms with Crippen LogP contribution in [-0.2, 0) is 9.53 Å². The summed E-state index contributed by atoms with van der Waals surface area (Å²) in [6.07, 6.45) is -0.271. The van der Waals surface area contributed by atoms with Crippen LogP contribution in [0.4, 0.5) is 0 Å². The fraction of sp³-hybridized carbons (Fsp3) is 0.278. The highest BCUT2D eigenvalue weighted by atomic mass is 35.5.